The molecule has 8 heteroatoms. The fourth-order valence-electron chi connectivity index (χ4n) is 2.99. The third kappa shape index (κ3) is 4.12. The van der Waals surface area contributed by atoms with Crippen molar-refractivity contribution in [2.45, 2.75) is 64.2 Å². The number of ether oxygens (including phenoxy) is 1. The molecule has 1 aromatic rings. The van der Waals surface area contributed by atoms with Crippen LogP contribution in [0, 0.1) is 13.8 Å². The van der Waals surface area contributed by atoms with Gasteiger partial charge in [-0.25, -0.2) is 13.1 Å². The van der Waals surface area contributed by atoms with Gasteiger partial charge < -0.3 is 9.26 Å². The first-order chi connectivity index (χ1) is 10.5. The van der Waals surface area contributed by atoms with Crippen molar-refractivity contribution in [2.75, 3.05) is 19.6 Å². The standard InChI is InChI=1S/C15H27N3O4S/c1-10-7-18(8-11(2)21-10)15(5,6)9-16-23(19,20)14-12(3)17-22-13(14)4/h10-11,16H,7-9H2,1-6H3. The maximum absolute atomic E-state index is 12.5. The van der Waals surface area contributed by atoms with Gasteiger partial charge in [-0.3, -0.25) is 4.90 Å². The molecule has 7 nitrogen and oxygen atoms in total. The van der Waals surface area contributed by atoms with E-state index >= 15 is 0 Å². The molecule has 0 saturated carbocycles. The zero-order chi connectivity index (χ0) is 17.4. The fourth-order valence-corrected chi connectivity index (χ4v) is 4.52. The van der Waals surface area contributed by atoms with Gasteiger partial charge in [0.1, 0.15) is 10.6 Å². The van der Waals surface area contributed by atoms with Crippen molar-refractivity contribution in [1.82, 2.24) is 14.8 Å². The van der Waals surface area contributed by atoms with Crippen molar-refractivity contribution in [3.05, 3.63) is 11.5 Å². The molecule has 0 radical (unpaired) electrons. The van der Waals surface area contributed by atoms with Crippen LogP contribution in [0.25, 0.3) is 0 Å². The molecule has 1 fully saturated rings. The Morgan fingerprint density at radius 3 is 2.30 bits per heavy atom. The Labute approximate surface area is 138 Å². The third-order valence-corrected chi connectivity index (χ3v) is 5.85. The van der Waals surface area contributed by atoms with E-state index in [0.717, 1.165) is 13.1 Å². The lowest BCUT2D eigenvalue weighted by atomic mass is 10.0. The Morgan fingerprint density at radius 2 is 1.83 bits per heavy atom. The quantitative estimate of drug-likeness (QED) is 0.870. The topological polar surface area (TPSA) is 84.7 Å². The Hall–Kier alpha value is -0.960. The first-order valence-electron chi connectivity index (χ1n) is 7.86. The second-order valence-corrected chi connectivity index (χ2v) is 8.66. The van der Waals surface area contributed by atoms with E-state index < -0.39 is 10.0 Å². The van der Waals surface area contributed by atoms with Crippen molar-refractivity contribution in [3.63, 3.8) is 0 Å². The van der Waals surface area contributed by atoms with Gasteiger partial charge in [0.05, 0.1) is 12.2 Å². The molecule has 2 atom stereocenters. The summed E-state index contributed by atoms with van der Waals surface area (Å²) in [5, 5.41) is 3.72. The molecule has 2 rings (SSSR count). The number of hydrogen-bond donors (Lipinski definition) is 1. The van der Waals surface area contributed by atoms with Gasteiger partial charge in [-0.2, -0.15) is 0 Å². The van der Waals surface area contributed by atoms with Crippen LogP contribution in [0.2, 0.25) is 0 Å². The molecule has 1 N–H and O–H groups in total. The van der Waals surface area contributed by atoms with E-state index in [-0.39, 0.29) is 22.6 Å². The first kappa shape index (κ1) is 18.4. The minimum Gasteiger partial charge on any atom is -0.373 e. The zero-order valence-corrected chi connectivity index (χ0v) is 15.5. The highest BCUT2D eigenvalue weighted by atomic mass is 32.2. The van der Waals surface area contributed by atoms with Crippen LogP contribution in [0.5, 0.6) is 0 Å². The van der Waals surface area contributed by atoms with Crippen LogP contribution in [-0.4, -0.2) is 55.9 Å². The number of morpholine rings is 1. The van der Waals surface area contributed by atoms with Crippen LogP contribution in [0.4, 0.5) is 0 Å². The molecule has 1 aliphatic heterocycles. The second-order valence-electron chi connectivity index (χ2n) is 6.95. The molecule has 132 valence electrons. The number of nitrogens with zero attached hydrogens (tertiary/aromatic N) is 2. The molecule has 1 saturated heterocycles. The zero-order valence-electron chi connectivity index (χ0n) is 14.7. The lowest BCUT2D eigenvalue weighted by molar-refractivity contribution is -0.0945. The number of aromatic nitrogens is 1. The van der Waals surface area contributed by atoms with E-state index in [1.807, 2.05) is 27.7 Å². The summed E-state index contributed by atoms with van der Waals surface area (Å²) in [7, 11) is -3.64. The lowest BCUT2D eigenvalue weighted by Gasteiger charge is -2.45. The van der Waals surface area contributed by atoms with E-state index in [1.165, 1.54) is 0 Å². The van der Waals surface area contributed by atoms with Gasteiger partial charge in [0.15, 0.2) is 5.76 Å². The predicted molar refractivity (Wildman–Crippen MR) is 86.8 cm³/mol. The summed E-state index contributed by atoms with van der Waals surface area (Å²) in [6.07, 6.45) is 0.273. The number of aryl methyl sites for hydroxylation is 2. The maximum atomic E-state index is 12.5. The minimum atomic E-state index is -3.64. The van der Waals surface area contributed by atoms with Crippen molar-refractivity contribution in [2.24, 2.45) is 0 Å². The summed E-state index contributed by atoms with van der Waals surface area (Å²) in [5.41, 5.74) is 0.0552. The average Bonchev–Trinajstić information content (AvgIpc) is 2.76. The molecular formula is C15H27N3O4S. The number of hydrogen-bond acceptors (Lipinski definition) is 6. The SMILES string of the molecule is Cc1noc(C)c1S(=O)(=O)NCC(C)(C)N1CC(C)OC(C)C1. The molecule has 23 heavy (non-hydrogen) atoms. The predicted octanol–water partition coefficient (Wildman–Crippen LogP) is 1.46. The van der Waals surface area contributed by atoms with E-state index in [0.29, 0.717) is 18.0 Å². The van der Waals surface area contributed by atoms with Gasteiger partial charge in [0.2, 0.25) is 10.0 Å². The fraction of sp³-hybridized carbons (Fsp3) is 0.800. The van der Waals surface area contributed by atoms with Gasteiger partial charge in [-0.15, -0.1) is 0 Å². The first-order valence-corrected chi connectivity index (χ1v) is 9.34. The van der Waals surface area contributed by atoms with Crippen LogP contribution in [0.3, 0.4) is 0 Å². The van der Waals surface area contributed by atoms with Gasteiger partial charge in [0.25, 0.3) is 0 Å². The van der Waals surface area contributed by atoms with Crippen LogP contribution in [0.1, 0.15) is 39.1 Å². The normalized spacial score (nSPS) is 24.1. The summed E-state index contributed by atoms with van der Waals surface area (Å²) in [5.74, 6) is 0.307. The monoisotopic (exact) mass is 345 g/mol. The molecule has 1 aromatic heterocycles. The molecule has 0 aromatic carbocycles. The highest BCUT2D eigenvalue weighted by molar-refractivity contribution is 7.89. The van der Waals surface area contributed by atoms with E-state index in [2.05, 4.69) is 14.8 Å². The summed E-state index contributed by atoms with van der Waals surface area (Å²) >= 11 is 0. The third-order valence-electron chi connectivity index (χ3n) is 4.21. The van der Waals surface area contributed by atoms with Gasteiger partial charge in [-0.05, 0) is 41.5 Å². The molecule has 0 bridgehead atoms. The smallest absolute Gasteiger partial charge is 0.246 e. The van der Waals surface area contributed by atoms with Crippen LogP contribution < -0.4 is 4.72 Å². The average molecular weight is 345 g/mol. The molecule has 1 aliphatic rings. The molecule has 0 amide bonds. The van der Waals surface area contributed by atoms with E-state index in [4.69, 9.17) is 9.26 Å². The lowest BCUT2D eigenvalue weighted by Crippen LogP contribution is -2.58. The Morgan fingerprint density at radius 1 is 1.26 bits per heavy atom. The number of rotatable bonds is 5. The molecule has 0 aliphatic carbocycles. The van der Waals surface area contributed by atoms with Crippen molar-refractivity contribution >= 4 is 10.0 Å². The second kappa shape index (κ2) is 6.51. The highest BCUT2D eigenvalue weighted by Crippen LogP contribution is 2.23. The highest BCUT2D eigenvalue weighted by Gasteiger charge is 2.35. The molecule has 0 spiro atoms. The van der Waals surface area contributed by atoms with Crippen molar-refractivity contribution < 1.29 is 17.7 Å². The van der Waals surface area contributed by atoms with E-state index in [1.54, 1.807) is 13.8 Å². The van der Waals surface area contributed by atoms with Crippen LogP contribution >= 0.6 is 0 Å². The molecule has 2 heterocycles. The van der Waals surface area contributed by atoms with Crippen LogP contribution in [-0.2, 0) is 14.8 Å². The van der Waals surface area contributed by atoms with Crippen LogP contribution in [0.15, 0.2) is 9.42 Å². The van der Waals surface area contributed by atoms with Crippen molar-refractivity contribution in [1.29, 1.82) is 0 Å². The largest absolute Gasteiger partial charge is 0.373 e. The Balaban J connectivity index is 2.09. The number of sulfonamides is 1. The van der Waals surface area contributed by atoms with Gasteiger partial charge in [-0.1, -0.05) is 5.16 Å². The Kier molecular flexibility index (Phi) is 5.20. The summed E-state index contributed by atoms with van der Waals surface area (Å²) < 4.78 is 38.5. The van der Waals surface area contributed by atoms with Gasteiger partial charge >= 0.3 is 0 Å². The summed E-state index contributed by atoms with van der Waals surface area (Å²) in [6, 6.07) is 0. The minimum absolute atomic E-state index is 0.136. The Bertz CT molecular complexity index is 624. The van der Waals surface area contributed by atoms with Gasteiger partial charge in [0, 0.05) is 25.2 Å². The maximum Gasteiger partial charge on any atom is 0.246 e. The van der Waals surface area contributed by atoms with Crippen molar-refractivity contribution in [3.8, 4) is 0 Å². The summed E-state index contributed by atoms with van der Waals surface area (Å²) in [4.78, 5) is 2.40. The molecular weight excluding hydrogens is 318 g/mol. The van der Waals surface area contributed by atoms with E-state index in [9.17, 15) is 8.42 Å². The summed E-state index contributed by atoms with van der Waals surface area (Å²) in [6.45, 7) is 13.2. The number of nitrogens with one attached hydrogen (secondary N) is 1. The molecule has 2 unspecified atom stereocenters.